The molecule has 0 heterocycles. The van der Waals surface area contributed by atoms with Gasteiger partial charge in [-0.3, -0.25) is 0 Å². The Morgan fingerprint density at radius 1 is 0.941 bits per heavy atom. The Balaban J connectivity index is 3.15. The molecule has 0 aliphatic carbocycles. The summed E-state index contributed by atoms with van der Waals surface area (Å²) in [6.45, 7) is 0. The third-order valence-corrected chi connectivity index (χ3v) is 2.96. The largest absolute Gasteiger partial charge is 0.345 e. The lowest BCUT2D eigenvalue weighted by Gasteiger charge is -2.05. The molecule has 1 aromatic carbocycles. The van der Waals surface area contributed by atoms with Crippen molar-refractivity contribution in [1.29, 1.82) is 15.8 Å². The van der Waals surface area contributed by atoms with Gasteiger partial charge in [-0.2, -0.15) is 15.8 Å². The summed E-state index contributed by atoms with van der Waals surface area (Å²) < 4.78 is 2.01. The molecule has 0 bridgehead atoms. The fourth-order valence-electron chi connectivity index (χ4n) is 1.05. The highest BCUT2D eigenvalue weighted by Gasteiger charge is 2.06. The molecule has 0 aromatic heterocycles. The minimum atomic E-state index is -0.221. The van der Waals surface area contributed by atoms with Crippen molar-refractivity contribution >= 4 is 50.9 Å². The van der Waals surface area contributed by atoms with Crippen molar-refractivity contribution in [2.75, 3.05) is 5.32 Å². The predicted octanol–water partition coefficient (Wildman–Crippen LogP) is 3.13. The average molecular weight is 446 g/mol. The summed E-state index contributed by atoms with van der Waals surface area (Å²) in [5.41, 5.74) is 0.426. The van der Waals surface area contributed by atoms with E-state index < -0.39 is 0 Å². The Morgan fingerprint density at radius 3 is 1.88 bits per heavy atom. The molecule has 0 amide bonds. The first-order valence-electron chi connectivity index (χ1n) is 4.28. The van der Waals surface area contributed by atoms with Gasteiger partial charge >= 0.3 is 0 Å². The van der Waals surface area contributed by atoms with Crippen LogP contribution in [0.3, 0.4) is 0 Å². The Hall–Kier alpha value is -1.31. The van der Waals surface area contributed by atoms with Crippen LogP contribution in [0.4, 0.5) is 5.69 Å². The van der Waals surface area contributed by atoms with Crippen molar-refractivity contribution < 1.29 is 0 Å². The number of allylic oxidation sites excluding steroid dienone is 2. The molecule has 0 aliphatic rings. The van der Waals surface area contributed by atoms with Crippen molar-refractivity contribution in [1.82, 2.24) is 0 Å². The molecule has 0 aliphatic heterocycles. The minimum absolute atomic E-state index is 0.0344. The predicted molar refractivity (Wildman–Crippen MR) is 79.4 cm³/mol. The van der Waals surface area contributed by atoms with Crippen LogP contribution in [0.15, 0.2) is 29.5 Å². The van der Waals surface area contributed by atoms with E-state index in [0.717, 1.165) is 7.14 Å². The van der Waals surface area contributed by atoms with E-state index in [9.17, 15) is 0 Å². The maximum atomic E-state index is 8.88. The van der Waals surface area contributed by atoms with Gasteiger partial charge in [-0.05, 0) is 63.4 Å². The number of nitriles is 3. The second-order valence-electron chi connectivity index (χ2n) is 2.87. The van der Waals surface area contributed by atoms with Crippen LogP contribution < -0.4 is 5.32 Å². The minimum Gasteiger partial charge on any atom is -0.345 e. The first-order chi connectivity index (χ1) is 8.10. The quantitative estimate of drug-likeness (QED) is 0.560. The van der Waals surface area contributed by atoms with Crippen molar-refractivity contribution in [3.05, 3.63) is 36.6 Å². The van der Waals surface area contributed by atoms with Gasteiger partial charge in [0.1, 0.15) is 23.9 Å². The molecule has 0 saturated heterocycles. The zero-order chi connectivity index (χ0) is 12.8. The molecule has 0 saturated carbocycles. The Morgan fingerprint density at radius 2 is 1.47 bits per heavy atom. The Labute approximate surface area is 126 Å². The number of rotatable bonds is 2. The maximum Gasteiger partial charge on any atom is 0.163 e. The van der Waals surface area contributed by atoms with Crippen LogP contribution in [-0.2, 0) is 0 Å². The number of benzene rings is 1. The molecule has 0 atom stereocenters. The van der Waals surface area contributed by atoms with Crippen molar-refractivity contribution in [2.45, 2.75) is 0 Å². The van der Waals surface area contributed by atoms with Crippen molar-refractivity contribution in [3.8, 4) is 18.2 Å². The van der Waals surface area contributed by atoms with E-state index in [4.69, 9.17) is 15.8 Å². The summed E-state index contributed by atoms with van der Waals surface area (Å²) >= 11 is 4.30. The van der Waals surface area contributed by atoms with Gasteiger partial charge < -0.3 is 5.32 Å². The van der Waals surface area contributed by atoms with Gasteiger partial charge in [-0.25, -0.2) is 0 Å². The molecule has 0 unspecified atom stereocenters. The molecular formula is C11H4I2N4. The van der Waals surface area contributed by atoms with Crippen LogP contribution in [0, 0.1) is 41.1 Å². The number of nitrogens with one attached hydrogen (secondary N) is 1. The lowest BCUT2D eigenvalue weighted by molar-refractivity contribution is 1.37. The van der Waals surface area contributed by atoms with Gasteiger partial charge in [0.05, 0.1) is 0 Å². The Bertz CT molecular complexity index is 563. The molecule has 1 N–H and O–H groups in total. The van der Waals surface area contributed by atoms with Crippen molar-refractivity contribution in [2.24, 2.45) is 0 Å². The molecular weight excluding hydrogens is 442 g/mol. The molecule has 1 aromatic rings. The third-order valence-electron chi connectivity index (χ3n) is 1.72. The maximum absolute atomic E-state index is 8.88. The lowest BCUT2D eigenvalue weighted by atomic mass is 10.2. The van der Waals surface area contributed by atoms with E-state index in [1.54, 1.807) is 12.1 Å². The zero-order valence-electron chi connectivity index (χ0n) is 8.33. The van der Waals surface area contributed by atoms with E-state index in [2.05, 4.69) is 50.5 Å². The molecule has 0 spiro atoms. The van der Waals surface area contributed by atoms with E-state index in [1.807, 2.05) is 24.3 Å². The standard InChI is InChI=1S/C11H4I2N4/c12-8-1-9(13)3-10(2-8)17-11(6-16)7(4-14)5-15/h1-3,17H. The summed E-state index contributed by atoms with van der Waals surface area (Å²) in [6.07, 6.45) is 0. The van der Waals surface area contributed by atoms with Crippen LogP contribution in [0.25, 0.3) is 0 Å². The monoisotopic (exact) mass is 446 g/mol. The van der Waals surface area contributed by atoms with Gasteiger partial charge in [0.25, 0.3) is 0 Å². The van der Waals surface area contributed by atoms with Crippen LogP contribution in [0.2, 0.25) is 0 Å². The molecule has 0 fully saturated rings. The van der Waals surface area contributed by atoms with E-state index >= 15 is 0 Å². The first-order valence-corrected chi connectivity index (χ1v) is 6.44. The van der Waals surface area contributed by atoms with E-state index in [0.29, 0.717) is 5.69 Å². The lowest BCUT2D eigenvalue weighted by Crippen LogP contribution is -2.01. The molecule has 17 heavy (non-hydrogen) atoms. The highest BCUT2D eigenvalue weighted by Crippen LogP contribution is 2.20. The van der Waals surface area contributed by atoms with Crippen LogP contribution in [-0.4, -0.2) is 0 Å². The fraction of sp³-hybridized carbons (Fsp3) is 0. The third kappa shape index (κ3) is 3.88. The van der Waals surface area contributed by atoms with Crippen molar-refractivity contribution in [3.63, 3.8) is 0 Å². The van der Waals surface area contributed by atoms with Crippen LogP contribution >= 0.6 is 45.2 Å². The second kappa shape index (κ2) is 6.43. The van der Waals surface area contributed by atoms with Gasteiger partial charge in [0, 0.05) is 12.8 Å². The normalized spacial score (nSPS) is 8.41. The molecule has 82 valence electrons. The number of hydrogen-bond acceptors (Lipinski definition) is 4. The summed E-state index contributed by atoms with van der Waals surface area (Å²) in [5, 5.41) is 29.0. The molecule has 6 heteroatoms. The SMILES string of the molecule is N#CC(C#N)=C(C#N)Nc1cc(I)cc(I)c1. The smallest absolute Gasteiger partial charge is 0.163 e. The fourth-order valence-corrected chi connectivity index (χ4v) is 2.99. The number of anilines is 1. The summed E-state index contributed by atoms with van der Waals surface area (Å²) in [6, 6.07) is 10.8. The molecule has 0 radical (unpaired) electrons. The number of hydrogen-bond donors (Lipinski definition) is 1. The van der Waals surface area contributed by atoms with Gasteiger partial charge in [-0.1, -0.05) is 0 Å². The topological polar surface area (TPSA) is 83.4 Å². The number of nitrogens with zero attached hydrogens (tertiary/aromatic N) is 3. The highest BCUT2D eigenvalue weighted by atomic mass is 127. The zero-order valence-corrected chi connectivity index (χ0v) is 12.6. The molecule has 4 nitrogen and oxygen atoms in total. The second-order valence-corrected chi connectivity index (χ2v) is 5.36. The summed E-state index contributed by atoms with van der Waals surface area (Å²) in [4.78, 5) is 0. The Kier molecular flexibility index (Phi) is 5.20. The molecule has 1 rings (SSSR count). The van der Waals surface area contributed by atoms with E-state index in [1.165, 1.54) is 0 Å². The first kappa shape index (κ1) is 13.8. The average Bonchev–Trinajstić information content (AvgIpc) is 2.27. The van der Waals surface area contributed by atoms with Gasteiger partial charge in [0.15, 0.2) is 5.57 Å². The summed E-state index contributed by atoms with van der Waals surface area (Å²) in [5.74, 6) is 0. The van der Waals surface area contributed by atoms with Crippen LogP contribution in [0.1, 0.15) is 0 Å². The van der Waals surface area contributed by atoms with Crippen LogP contribution in [0.5, 0.6) is 0 Å². The highest BCUT2D eigenvalue weighted by molar-refractivity contribution is 14.1. The summed E-state index contributed by atoms with van der Waals surface area (Å²) in [7, 11) is 0. The number of halogens is 2. The van der Waals surface area contributed by atoms with Gasteiger partial charge in [-0.15, -0.1) is 0 Å². The van der Waals surface area contributed by atoms with Gasteiger partial charge in [0.2, 0.25) is 0 Å². The van der Waals surface area contributed by atoms with E-state index in [-0.39, 0.29) is 11.3 Å².